The molecule has 6 nitrogen and oxygen atoms in total. The number of benzene rings is 8. The zero-order chi connectivity index (χ0) is 43.5. The minimum atomic E-state index is -0.232. The van der Waals surface area contributed by atoms with Gasteiger partial charge in [-0.2, -0.15) is 11.5 Å². The number of hydrogen-bond donors (Lipinski definition) is 0. The Morgan fingerprint density at radius 1 is 0.470 bits per heavy atom. The molecule has 0 spiro atoms. The third kappa shape index (κ3) is 5.79. The van der Waals surface area contributed by atoms with E-state index in [1.807, 2.05) is 12.3 Å². The first-order chi connectivity index (χ1) is 31.9. The van der Waals surface area contributed by atoms with E-state index >= 15 is 0 Å². The number of fused-ring (bicyclic) bond motifs is 8. The van der Waals surface area contributed by atoms with Crippen molar-refractivity contribution >= 4 is 90.1 Å². The molecule has 66 heavy (non-hydrogen) atoms. The van der Waals surface area contributed by atoms with Gasteiger partial charge in [-0.3, -0.25) is 4.98 Å². The van der Waals surface area contributed by atoms with Crippen molar-refractivity contribution in [2.75, 3.05) is 9.80 Å². The summed E-state index contributed by atoms with van der Waals surface area (Å²) in [7, 11) is 0. The number of aromatic nitrogens is 4. The van der Waals surface area contributed by atoms with Crippen molar-refractivity contribution in [3.05, 3.63) is 210 Å². The van der Waals surface area contributed by atoms with Crippen LogP contribution in [0.25, 0.3) is 55.7 Å². The van der Waals surface area contributed by atoms with Crippen LogP contribution in [0.2, 0.25) is 0 Å². The molecule has 0 amide bonds. The second-order valence-electron chi connectivity index (χ2n) is 17.4. The van der Waals surface area contributed by atoms with Crippen LogP contribution in [0.4, 0.5) is 34.1 Å². The number of pyridine rings is 1. The Hall–Kier alpha value is -7.47. The van der Waals surface area contributed by atoms with Gasteiger partial charge in [0, 0.05) is 40.2 Å². The summed E-state index contributed by atoms with van der Waals surface area (Å²) in [6.07, 6.45) is 1.87. The van der Waals surface area contributed by atoms with E-state index in [0.29, 0.717) is 0 Å². The second kappa shape index (κ2) is 15.3. The summed E-state index contributed by atoms with van der Waals surface area (Å²) in [5.74, 6) is 1.72. The molecular formula is C58H41BN6Pt. The van der Waals surface area contributed by atoms with Gasteiger partial charge in [-0.15, -0.1) is 40.7 Å². The Morgan fingerprint density at radius 3 is 1.77 bits per heavy atom. The number of aryl methyl sites for hydroxylation is 4. The Kier molecular flexibility index (Phi) is 9.31. The summed E-state index contributed by atoms with van der Waals surface area (Å²) >= 11 is 0. The van der Waals surface area contributed by atoms with Crippen molar-refractivity contribution in [2.24, 2.45) is 0 Å². The summed E-state index contributed by atoms with van der Waals surface area (Å²) < 4.78 is 4.62. The molecule has 0 unspecified atom stereocenters. The molecule has 8 heteroatoms. The monoisotopic (exact) mass is 1030 g/mol. The van der Waals surface area contributed by atoms with E-state index in [4.69, 9.17) is 9.97 Å². The molecule has 0 saturated carbocycles. The summed E-state index contributed by atoms with van der Waals surface area (Å²) in [5.41, 5.74) is 21.0. The number of anilines is 6. The smallest absolute Gasteiger partial charge is 0.366 e. The maximum absolute atomic E-state index is 5.42. The molecule has 0 radical (unpaired) electrons. The van der Waals surface area contributed by atoms with Gasteiger partial charge in [-0.25, -0.2) is 4.98 Å². The van der Waals surface area contributed by atoms with Gasteiger partial charge in [-0.1, -0.05) is 108 Å². The fourth-order valence-electron chi connectivity index (χ4n) is 10.8. The van der Waals surface area contributed by atoms with Crippen LogP contribution in [-0.2, 0) is 21.1 Å². The molecule has 0 bridgehead atoms. The van der Waals surface area contributed by atoms with Crippen LogP contribution in [0.5, 0.6) is 0 Å². The molecular weight excluding hydrogens is 987 g/mol. The van der Waals surface area contributed by atoms with Gasteiger partial charge >= 0.3 is 21.1 Å². The van der Waals surface area contributed by atoms with Gasteiger partial charge < -0.3 is 18.9 Å². The fourth-order valence-corrected chi connectivity index (χ4v) is 10.8. The van der Waals surface area contributed by atoms with E-state index in [1.54, 1.807) is 0 Å². The van der Waals surface area contributed by atoms with Gasteiger partial charge in [-0.05, 0) is 121 Å². The molecule has 0 aliphatic carbocycles. The number of hydrogen-bond acceptors (Lipinski definition) is 4. The van der Waals surface area contributed by atoms with E-state index in [2.05, 4.69) is 223 Å². The topological polar surface area (TPSA) is 42.1 Å². The predicted molar refractivity (Wildman–Crippen MR) is 269 cm³/mol. The third-order valence-electron chi connectivity index (χ3n) is 13.6. The van der Waals surface area contributed by atoms with Gasteiger partial charge in [0.25, 0.3) is 0 Å². The van der Waals surface area contributed by atoms with Crippen molar-refractivity contribution in [3.8, 4) is 22.9 Å². The maximum Gasteiger partial charge on any atom is 2.00 e. The van der Waals surface area contributed by atoms with Gasteiger partial charge in [0.2, 0.25) is 6.71 Å². The second-order valence-corrected chi connectivity index (χ2v) is 17.4. The third-order valence-corrected chi connectivity index (χ3v) is 13.6. The number of imidazole rings is 1. The van der Waals surface area contributed by atoms with E-state index in [-0.39, 0.29) is 27.8 Å². The largest absolute Gasteiger partial charge is 2.00 e. The van der Waals surface area contributed by atoms with E-state index in [0.717, 1.165) is 101 Å². The molecule has 3 aromatic heterocycles. The Labute approximate surface area is 398 Å². The molecule has 0 atom stereocenters. The number of para-hydroxylation sites is 6. The molecule has 0 fully saturated rings. The summed E-state index contributed by atoms with van der Waals surface area (Å²) in [6, 6.07) is 69.3. The normalized spacial score (nSPS) is 12.6. The average molecular weight is 1030 g/mol. The Morgan fingerprint density at radius 2 is 1.06 bits per heavy atom. The van der Waals surface area contributed by atoms with Gasteiger partial charge in [0.1, 0.15) is 5.82 Å². The molecule has 2 aliphatic heterocycles. The van der Waals surface area contributed by atoms with Crippen LogP contribution >= 0.6 is 0 Å². The molecule has 316 valence electrons. The van der Waals surface area contributed by atoms with E-state index in [9.17, 15) is 0 Å². The first-order valence-corrected chi connectivity index (χ1v) is 22.3. The zero-order valence-corrected chi connectivity index (χ0v) is 39.1. The SMILES string of the molecule is Cc1ccccc1N1c2ccc(-c3nc4ccccc4n3-c3c(C)cccc3C)[c-]c2B2c3[c-]c4c(cc3N(c3ccccc3C)c3cccc1c32)c1ccccc1n4-c1ccccn1.[Pt+2]. The van der Waals surface area contributed by atoms with Crippen molar-refractivity contribution in [2.45, 2.75) is 27.7 Å². The van der Waals surface area contributed by atoms with E-state index < -0.39 is 0 Å². The fraction of sp³-hybridized carbons (Fsp3) is 0.0690. The summed E-state index contributed by atoms with van der Waals surface area (Å²) in [6.45, 7) is 8.57. The molecule has 8 aromatic carbocycles. The van der Waals surface area contributed by atoms with Crippen molar-refractivity contribution in [1.82, 2.24) is 19.1 Å². The van der Waals surface area contributed by atoms with Crippen LogP contribution in [0.15, 0.2) is 176 Å². The molecule has 13 rings (SSSR count). The molecule has 0 N–H and O–H groups in total. The summed E-state index contributed by atoms with van der Waals surface area (Å²) in [5, 5.41) is 2.28. The van der Waals surface area contributed by atoms with Crippen molar-refractivity contribution in [3.63, 3.8) is 0 Å². The van der Waals surface area contributed by atoms with Crippen molar-refractivity contribution < 1.29 is 21.1 Å². The minimum Gasteiger partial charge on any atom is -0.366 e. The van der Waals surface area contributed by atoms with Gasteiger partial charge in [0.15, 0.2) is 0 Å². The summed E-state index contributed by atoms with van der Waals surface area (Å²) in [4.78, 5) is 15.3. The van der Waals surface area contributed by atoms with Crippen LogP contribution in [0.1, 0.15) is 22.3 Å². The van der Waals surface area contributed by atoms with Crippen LogP contribution < -0.4 is 26.2 Å². The first kappa shape index (κ1) is 40.1. The predicted octanol–water partition coefficient (Wildman–Crippen LogP) is 12.1. The van der Waals surface area contributed by atoms with Crippen LogP contribution in [-0.4, -0.2) is 25.8 Å². The zero-order valence-electron chi connectivity index (χ0n) is 36.8. The quantitative estimate of drug-likeness (QED) is 0.127. The average Bonchev–Trinajstić information content (AvgIpc) is 3.87. The van der Waals surface area contributed by atoms with Gasteiger partial charge in [0.05, 0.1) is 16.9 Å². The van der Waals surface area contributed by atoms with Crippen molar-refractivity contribution in [1.29, 1.82) is 0 Å². The number of nitrogens with zero attached hydrogens (tertiary/aromatic N) is 6. The Bertz CT molecular complexity index is 3740. The first-order valence-electron chi connectivity index (χ1n) is 22.3. The standard InChI is InChI=1S/C58H41BN6.Pt/c1-36-17-5-9-23-46(36)62-49-31-30-40(58-61-45-22-8-12-26-50(45)65(58)57-38(3)19-15-20-39(57)4)33-43(49)59-44-35-53-42(41-21-7-11-25-48(41)64(53)55-29-13-14-32-60-55)34-54(44)63(47-24-10-6-18-37(47)2)52-28-16-27-51(62)56(52)59;/h5-32,34H,1-4H3;/q-2;+2. The molecule has 2 aliphatic rings. The molecule has 5 heterocycles. The number of rotatable bonds is 5. The van der Waals surface area contributed by atoms with E-state index in [1.165, 1.54) is 27.7 Å². The molecule has 11 aromatic rings. The Balaban J connectivity index is 0.00000456. The molecule has 0 saturated heterocycles. The maximum atomic E-state index is 5.42. The van der Waals surface area contributed by atoms with Crippen LogP contribution in [0.3, 0.4) is 0 Å². The van der Waals surface area contributed by atoms with Crippen LogP contribution in [0, 0.1) is 39.8 Å². The minimum absolute atomic E-state index is 0.